The van der Waals surface area contributed by atoms with Crippen molar-refractivity contribution in [3.8, 4) is 0 Å². The summed E-state index contributed by atoms with van der Waals surface area (Å²) in [4.78, 5) is 17.3. The van der Waals surface area contributed by atoms with Crippen LogP contribution in [0.5, 0.6) is 0 Å². The first-order chi connectivity index (χ1) is 14.3. The topological polar surface area (TPSA) is 85.8 Å². The molecular formula is C21H21ClN2O5S. The highest BCUT2D eigenvalue weighted by atomic mass is 35.5. The number of rotatable bonds is 5. The molecule has 3 aromatic rings. The molecule has 7 nitrogen and oxygen atoms in total. The normalized spacial score (nSPS) is 17.6. The van der Waals surface area contributed by atoms with E-state index in [9.17, 15) is 13.2 Å². The second kappa shape index (κ2) is 8.56. The van der Waals surface area contributed by atoms with E-state index in [0.717, 1.165) is 0 Å². The van der Waals surface area contributed by atoms with Gasteiger partial charge >= 0.3 is 0 Å². The summed E-state index contributed by atoms with van der Waals surface area (Å²) in [6.07, 6.45) is 1.20. The maximum atomic E-state index is 13.1. The Morgan fingerprint density at radius 2 is 1.97 bits per heavy atom. The van der Waals surface area contributed by atoms with Crippen LogP contribution in [0.2, 0.25) is 5.02 Å². The summed E-state index contributed by atoms with van der Waals surface area (Å²) in [6.45, 7) is 1.57. The van der Waals surface area contributed by atoms with E-state index in [1.807, 2.05) is 0 Å². The molecule has 2 aromatic carbocycles. The zero-order valence-corrected chi connectivity index (χ0v) is 17.9. The first-order valence-corrected chi connectivity index (χ1v) is 11.5. The lowest BCUT2D eigenvalue weighted by Gasteiger charge is -2.27. The number of pyridine rings is 1. The highest BCUT2D eigenvalue weighted by molar-refractivity contribution is 7.88. The summed E-state index contributed by atoms with van der Waals surface area (Å²) >= 11 is 6.01. The van der Waals surface area contributed by atoms with Gasteiger partial charge in [0.05, 0.1) is 42.2 Å². The summed E-state index contributed by atoms with van der Waals surface area (Å²) in [6, 6.07) is 10.2. The van der Waals surface area contributed by atoms with Crippen molar-refractivity contribution in [1.29, 1.82) is 0 Å². The van der Waals surface area contributed by atoms with Gasteiger partial charge < -0.3 is 9.47 Å². The fourth-order valence-corrected chi connectivity index (χ4v) is 4.85. The molecular weight excluding hydrogens is 428 g/mol. The van der Waals surface area contributed by atoms with Crippen LogP contribution in [0.25, 0.3) is 21.7 Å². The minimum atomic E-state index is -3.60. The van der Waals surface area contributed by atoms with E-state index in [1.165, 1.54) is 17.5 Å². The van der Waals surface area contributed by atoms with Crippen molar-refractivity contribution in [3.05, 3.63) is 63.4 Å². The molecule has 1 saturated heterocycles. The van der Waals surface area contributed by atoms with E-state index in [2.05, 4.69) is 4.98 Å². The second-order valence-corrected chi connectivity index (χ2v) is 9.79. The molecule has 2 heterocycles. The van der Waals surface area contributed by atoms with Crippen molar-refractivity contribution in [1.82, 2.24) is 9.29 Å². The Morgan fingerprint density at radius 3 is 2.73 bits per heavy atom. The smallest absolute Gasteiger partial charge is 0.218 e. The molecule has 1 atom stereocenters. The number of benzene rings is 1. The van der Waals surface area contributed by atoms with Gasteiger partial charge in [0.15, 0.2) is 5.43 Å². The fourth-order valence-electron chi connectivity index (χ4n) is 3.48. The van der Waals surface area contributed by atoms with Gasteiger partial charge in [-0.05, 0) is 29.1 Å². The Kier molecular flexibility index (Phi) is 6.04. The minimum Gasteiger partial charge on any atom is -0.376 e. The molecule has 9 heteroatoms. The Labute approximate surface area is 179 Å². The van der Waals surface area contributed by atoms with Crippen LogP contribution in [-0.2, 0) is 25.2 Å². The quantitative estimate of drug-likeness (QED) is 0.596. The summed E-state index contributed by atoms with van der Waals surface area (Å²) < 4.78 is 37.8. The Balaban J connectivity index is 1.66. The van der Waals surface area contributed by atoms with Crippen molar-refractivity contribution in [3.63, 3.8) is 0 Å². The highest BCUT2D eigenvalue weighted by Crippen LogP contribution is 2.20. The number of hydrogen-bond donors (Lipinski definition) is 0. The first kappa shape index (κ1) is 21.1. The van der Waals surface area contributed by atoms with Crippen LogP contribution in [0, 0.1) is 0 Å². The summed E-state index contributed by atoms with van der Waals surface area (Å²) in [5.41, 5.74) is 0.825. The van der Waals surface area contributed by atoms with Crippen molar-refractivity contribution in [2.75, 3.05) is 33.4 Å². The second-order valence-electron chi connectivity index (χ2n) is 7.27. The van der Waals surface area contributed by atoms with Gasteiger partial charge in [0.2, 0.25) is 10.0 Å². The molecule has 0 unspecified atom stereocenters. The predicted molar refractivity (Wildman–Crippen MR) is 116 cm³/mol. The molecule has 0 saturated carbocycles. The number of aromatic nitrogens is 1. The number of nitrogens with zero attached hydrogens (tertiary/aromatic N) is 2. The zero-order valence-electron chi connectivity index (χ0n) is 16.4. The number of sulfonamides is 1. The lowest BCUT2D eigenvalue weighted by molar-refractivity contribution is -0.0909. The number of likely N-dealkylation sites (N-methyl/N-ethyl adjacent to an activating group) is 1. The minimum absolute atomic E-state index is 0.215. The van der Waals surface area contributed by atoms with Crippen molar-refractivity contribution < 1.29 is 17.9 Å². The lowest BCUT2D eigenvalue weighted by atomic mass is 10.1. The van der Waals surface area contributed by atoms with Gasteiger partial charge in [0.25, 0.3) is 0 Å². The van der Waals surface area contributed by atoms with Gasteiger partial charge in [0.1, 0.15) is 0 Å². The molecule has 0 amide bonds. The lowest BCUT2D eigenvalue weighted by Crippen LogP contribution is -2.41. The van der Waals surface area contributed by atoms with E-state index in [4.69, 9.17) is 21.1 Å². The molecule has 0 aliphatic carbocycles. The molecule has 0 bridgehead atoms. The van der Waals surface area contributed by atoms with Gasteiger partial charge in [-0.15, -0.1) is 0 Å². The molecule has 1 aliphatic rings. The molecule has 1 fully saturated rings. The maximum Gasteiger partial charge on any atom is 0.218 e. The maximum absolute atomic E-state index is 13.1. The van der Waals surface area contributed by atoms with Crippen molar-refractivity contribution in [2.45, 2.75) is 11.9 Å². The van der Waals surface area contributed by atoms with Crippen LogP contribution >= 0.6 is 11.6 Å². The third kappa shape index (κ3) is 4.48. The third-order valence-corrected chi connectivity index (χ3v) is 7.09. The standard InChI is InChI=1S/C21H21ClN2O5S/c1-24(11-17-12-28-6-7-29-17)30(26,27)13-14-2-3-15-4-5-20-19(9-16(22)10-23-20)21(25)18(15)8-14/h2-5,8-10,17H,6-7,11-13H2,1H3/t17-/m1/s1. The number of ether oxygens (including phenoxy) is 2. The molecule has 4 rings (SSSR count). The van der Waals surface area contributed by atoms with Crippen LogP contribution in [-0.4, -0.2) is 57.2 Å². The average molecular weight is 449 g/mol. The number of fused-ring (bicyclic) bond motifs is 2. The Hall–Kier alpha value is -2.10. The van der Waals surface area contributed by atoms with Crippen molar-refractivity contribution >= 4 is 43.3 Å². The van der Waals surface area contributed by atoms with Crippen LogP contribution in [0.3, 0.4) is 0 Å². The summed E-state index contributed by atoms with van der Waals surface area (Å²) in [5.74, 6) is -0.220. The van der Waals surface area contributed by atoms with Gasteiger partial charge in [-0.3, -0.25) is 9.78 Å². The molecule has 1 aliphatic heterocycles. The number of hydrogen-bond acceptors (Lipinski definition) is 6. The van der Waals surface area contributed by atoms with Gasteiger partial charge in [-0.2, -0.15) is 0 Å². The largest absolute Gasteiger partial charge is 0.376 e. The highest BCUT2D eigenvalue weighted by Gasteiger charge is 2.24. The van der Waals surface area contributed by atoms with Gasteiger partial charge in [-0.25, -0.2) is 12.7 Å². The zero-order chi connectivity index (χ0) is 21.3. The Morgan fingerprint density at radius 1 is 1.17 bits per heavy atom. The molecule has 0 spiro atoms. The van der Waals surface area contributed by atoms with E-state index < -0.39 is 10.0 Å². The van der Waals surface area contributed by atoms with Gasteiger partial charge in [-0.1, -0.05) is 29.8 Å². The first-order valence-electron chi connectivity index (χ1n) is 9.48. The summed E-state index contributed by atoms with van der Waals surface area (Å²) in [7, 11) is -2.08. The molecule has 158 valence electrons. The van der Waals surface area contributed by atoms with E-state index >= 15 is 0 Å². The van der Waals surface area contributed by atoms with Crippen molar-refractivity contribution in [2.24, 2.45) is 0 Å². The fraction of sp³-hybridized carbons (Fsp3) is 0.333. The van der Waals surface area contributed by atoms with Crippen LogP contribution in [0.4, 0.5) is 0 Å². The third-order valence-electron chi connectivity index (χ3n) is 5.08. The SMILES string of the molecule is CN(C[C@@H]1COCCO1)S(=O)(=O)Cc1ccc2ccc3ncc(Cl)cc3c(=O)c2c1. The predicted octanol–water partition coefficient (Wildman–Crippen LogP) is 2.58. The number of halogens is 1. The Bertz CT molecular complexity index is 1260. The average Bonchev–Trinajstić information content (AvgIpc) is 2.85. The van der Waals surface area contributed by atoms with Gasteiger partial charge in [0, 0.05) is 30.6 Å². The van der Waals surface area contributed by atoms with E-state index in [0.29, 0.717) is 52.1 Å². The monoisotopic (exact) mass is 448 g/mol. The molecule has 0 N–H and O–H groups in total. The molecule has 1 aromatic heterocycles. The van der Waals surface area contributed by atoms with E-state index in [-0.39, 0.29) is 23.8 Å². The van der Waals surface area contributed by atoms with Crippen LogP contribution in [0.1, 0.15) is 5.56 Å². The molecule has 0 radical (unpaired) electrons. The van der Waals surface area contributed by atoms with E-state index in [1.54, 1.807) is 36.4 Å². The summed E-state index contributed by atoms with van der Waals surface area (Å²) in [5, 5.41) is 1.89. The van der Waals surface area contributed by atoms with Crippen LogP contribution < -0.4 is 5.43 Å². The van der Waals surface area contributed by atoms with Crippen LogP contribution in [0.15, 0.2) is 47.4 Å². The molecule has 30 heavy (non-hydrogen) atoms.